The number of hydrogen-bond donors (Lipinski definition) is 0. The Morgan fingerprint density at radius 1 is 1.21 bits per heavy atom. The van der Waals surface area contributed by atoms with Crippen LogP contribution in [0, 0.1) is 11.3 Å². The molecule has 2 aromatic rings. The number of benzene rings is 2. The minimum atomic E-state index is -0.211. The molecule has 2 aliphatic heterocycles. The zero-order valence-electron chi connectivity index (χ0n) is 16.0. The lowest BCUT2D eigenvalue weighted by Crippen LogP contribution is -2.46. The summed E-state index contributed by atoms with van der Waals surface area (Å²) in [5, 5.41) is 11.3. The summed E-state index contributed by atoms with van der Waals surface area (Å²) in [4.78, 5) is 16.9. The number of nitrogens with zero attached hydrogens (tertiary/aromatic N) is 3. The van der Waals surface area contributed by atoms with Crippen molar-refractivity contribution in [2.75, 3.05) is 19.7 Å². The fourth-order valence-electron chi connectivity index (χ4n) is 3.68. The summed E-state index contributed by atoms with van der Waals surface area (Å²) in [5.74, 6) is 1.39. The van der Waals surface area contributed by atoms with E-state index >= 15 is 0 Å². The van der Waals surface area contributed by atoms with Crippen LogP contribution in [0.3, 0.4) is 0 Å². The predicted octanol–water partition coefficient (Wildman–Crippen LogP) is 4.56. The second kappa shape index (κ2) is 8.50. The third-order valence-corrected chi connectivity index (χ3v) is 6.65. The number of allylic oxidation sites excluding steroid dienone is 1. The number of carbonyl (C=O) groups is 1. The summed E-state index contributed by atoms with van der Waals surface area (Å²) in [6, 6.07) is 17.7. The van der Waals surface area contributed by atoms with Gasteiger partial charge in [-0.25, -0.2) is 0 Å². The molecule has 2 heterocycles. The monoisotopic (exact) mass is 425 g/mol. The first-order valence-electron chi connectivity index (χ1n) is 9.27. The van der Waals surface area contributed by atoms with Crippen LogP contribution in [0.5, 0.6) is 5.75 Å². The van der Waals surface area contributed by atoms with E-state index in [1.165, 1.54) is 0 Å². The first-order valence-corrected chi connectivity index (χ1v) is 10.6. The quantitative estimate of drug-likeness (QED) is 0.718. The van der Waals surface area contributed by atoms with Crippen LogP contribution in [0.25, 0.3) is 0 Å². The maximum Gasteiger partial charge on any atom is 0.229 e. The molecule has 0 spiro atoms. The number of hydrogen-bond acceptors (Lipinski definition) is 5. The molecule has 1 atom stereocenters. The molecule has 0 N–H and O–H groups in total. The van der Waals surface area contributed by atoms with Gasteiger partial charge in [0.15, 0.2) is 0 Å². The number of thioether (sulfide) groups is 1. The lowest BCUT2D eigenvalue weighted by atomic mass is 9.86. The first kappa shape index (κ1) is 19.8. The molecule has 2 aliphatic rings. The molecule has 0 aromatic heterocycles. The van der Waals surface area contributed by atoms with Crippen molar-refractivity contribution in [3.63, 3.8) is 0 Å². The summed E-state index contributed by atoms with van der Waals surface area (Å²) >= 11 is 7.55. The Labute approximate surface area is 179 Å². The smallest absolute Gasteiger partial charge is 0.229 e. The second-order valence-corrected chi connectivity index (χ2v) is 8.42. The Kier molecular flexibility index (Phi) is 5.81. The summed E-state index contributed by atoms with van der Waals surface area (Å²) in [5.41, 5.74) is 2.77. The third-order valence-electron chi connectivity index (χ3n) is 5.19. The Hall–Kier alpha value is -2.46. The van der Waals surface area contributed by atoms with Crippen LogP contribution >= 0.6 is 23.4 Å². The molecular formula is C22H20ClN3O2S. The van der Waals surface area contributed by atoms with E-state index in [9.17, 15) is 10.1 Å². The van der Waals surface area contributed by atoms with Gasteiger partial charge in [0.25, 0.3) is 0 Å². The molecule has 0 aliphatic carbocycles. The van der Waals surface area contributed by atoms with Gasteiger partial charge in [-0.1, -0.05) is 47.6 Å². The Balaban J connectivity index is 1.54. The SMILES string of the molecule is COc1ccc(CN2CSC3=C(C#N)[C@H](c4ccc(Cl)cc4)CC(=O)N3C2)cc1. The lowest BCUT2D eigenvalue weighted by Gasteiger charge is -2.41. The molecule has 148 valence electrons. The summed E-state index contributed by atoms with van der Waals surface area (Å²) < 4.78 is 5.21. The summed E-state index contributed by atoms with van der Waals surface area (Å²) in [7, 11) is 1.65. The molecular weight excluding hydrogens is 406 g/mol. The fourth-order valence-corrected chi connectivity index (χ4v) is 4.94. The molecule has 1 saturated heterocycles. The number of fused-ring (bicyclic) bond motifs is 1. The minimum absolute atomic E-state index is 0.0471. The van der Waals surface area contributed by atoms with Crippen LogP contribution in [0.4, 0.5) is 0 Å². The average molecular weight is 426 g/mol. The Bertz CT molecular complexity index is 983. The van der Waals surface area contributed by atoms with Crippen LogP contribution in [-0.2, 0) is 11.3 Å². The van der Waals surface area contributed by atoms with Gasteiger partial charge in [-0.15, -0.1) is 0 Å². The number of halogens is 1. The molecule has 5 nitrogen and oxygen atoms in total. The van der Waals surface area contributed by atoms with Gasteiger partial charge in [-0.2, -0.15) is 5.26 Å². The summed E-state index contributed by atoms with van der Waals surface area (Å²) in [6.07, 6.45) is 0.297. The maximum atomic E-state index is 12.9. The van der Waals surface area contributed by atoms with E-state index in [4.69, 9.17) is 16.3 Å². The zero-order valence-corrected chi connectivity index (χ0v) is 17.5. The van der Waals surface area contributed by atoms with Gasteiger partial charge in [0.2, 0.25) is 5.91 Å². The largest absolute Gasteiger partial charge is 0.497 e. The van der Waals surface area contributed by atoms with Crippen LogP contribution in [0.15, 0.2) is 59.1 Å². The van der Waals surface area contributed by atoms with Gasteiger partial charge in [0.05, 0.1) is 36.3 Å². The molecule has 0 bridgehead atoms. The van der Waals surface area contributed by atoms with Crippen LogP contribution in [-0.4, -0.2) is 35.4 Å². The van der Waals surface area contributed by atoms with Gasteiger partial charge < -0.3 is 4.74 Å². The molecule has 29 heavy (non-hydrogen) atoms. The average Bonchev–Trinajstić information content (AvgIpc) is 2.75. The second-order valence-electron chi connectivity index (χ2n) is 7.05. The third kappa shape index (κ3) is 4.13. The van der Waals surface area contributed by atoms with E-state index < -0.39 is 0 Å². The molecule has 1 fully saturated rings. The number of amides is 1. The molecule has 1 amide bonds. The molecule has 2 aromatic carbocycles. The predicted molar refractivity (Wildman–Crippen MR) is 114 cm³/mol. The highest BCUT2D eigenvalue weighted by Crippen LogP contribution is 2.42. The van der Waals surface area contributed by atoms with Gasteiger partial charge >= 0.3 is 0 Å². The molecule has 0 radical (unpaired) electrons. The number of rotatable bonds is 4. The normalized spacial score (nSPS) is 19.7. The van der Waals surface area contributed by atoms with E-state index in [0.29, 0.717) is 23.7 Å². The van der Waals surface area contributed by atoms with Crippen molar-refractivity contribution in [3.8, 4) is 11.8 Å². The standard InChI is InChI=1S/C22H20ClN3O2S/c1-28-18-8-2-15(3-9-18)12-25-13-26-21(27)10-19(16-4-6-17(23)7-5-16)20(11-24)22(26)29-14-25/h2-9,19H,10,12-14H2,1H3/t19-/m0/s1. The van der Waals surface area contributed by atoms with Crippen molar-refractivity contribution in [1.82, 2.24) is 9.80 Å². The van der Waals surface area contributed by atoms with Crippen molar-refractivity contribution in [2.45, 2.75) is 18.9 Å². The molecule has 0 unspecified atom stereocenters. The lowest BCUT2D eigenvalue weighted by molar-refractivity contribution is -0.131. The van der Waals surface area contributed by atoms with Gasteiger partial charge in [0.1, 0.15) is 5.75 Å². The van der Waals surface area contributed by atoms with Gasteiger partial charge in [-0.05, 0) is 35.4 Å². The highest BCUT2D eigenvalue weighted by Gasteiger charge is 2.38. The van der Waals surface area contributed by atoms with E-state index in [1.807, 2.05) is 36.4 Å². The highest BCUT2D eigenvalue weighted by atomic mass is 35.5. The minimum Gasteiger partial charge on any atom is -0.497 e. The van der Waals surface area contributed by atoms with E-state index in [2.05, 4.69) is 11.0 Å². The van der Waals surface area contributed by atoms with Gasteiger partial charge in [-0.3, -0.25) is 14.6 Å². The first-order chi connectivity index (χ1) is 14.1. The van der Waals surface area contributed by atoms with Gasteiger partial charge in [0, 0.05) is 23.9 Å². The van der Waals surface area contributed by atoms with Crippen LogP contribution in [0.1, 0.15) is 23.5 Å². The topological polar surface area (TPSA) is 56.6 Å². The maximum absolute atomic E-state index is 12.9. The highest BCUT2D eigenvalue weighted by molar-refractivity contribution is 8.03. The molecule has 7 heteroatoms. The number of ether oxygens (including phenoxy) is 1. The molecule has 0 saturated carbocycles. The van der Waals surface area contributed by atoms with E-state index in [0.717, 1.165) is 34.3 Å². The zero-order chi connectivity index (χ0) is 20.4. The number of nitriles is 1. The number of carbonyl (C=O) groups excluding carboxylic acids is 1. The van der Waals surface area contributed by atoms with Crippen molar-refractivity contribution in [2.24, 2.45) is 0 Å². The Morgan fingerprint density at radius 2 is 1.93 bits per heavy atom. The van der Waals surface area contributed by atoms with Crippen molar-refractivity contribution in [3.05, 3.63) is 75.3 Å². The van der Waals surface area contributed by atoms with Crippen molar-refractivity contribution in [1.29, 1.82) is 5.26 Å². The van der Waals surface area contributed by atoms with E-state index in [-0.39, 0.29) is 11.8 Å². The fraction of sp³-hybridized carbons (Fsp3) is 0.273. The molecule has 4 rings (SSSR count). The van der Waals surface area contributed by atoms with Crippen LogP contribution < -0.4 is 4.74 Å². The van der Waals surface area contributed by atoms with Crippen LogP contribution in [0.2, 0.25) is 5.02 Å². The van der Waals surface area contributed by atoms with Crippen molar-refractivity contribution >= 4 is 29.3 Å². The summed E-state index contributed by atoms with van der Waals surface area (Å²) in [6.45, 7) is 1.22. The van der Waals surface area contributed by atoms with E-state index in [1.54, 1.807) is 35.9 Å². The Morgan fingerprint density at radius 3 is 2.59 bits per heavy atom. The van der Waals surface area contributed by atoms with Crippen molar-refractivity contribution < 1.29 is 9.53 Å². The number of methoxy groups -OCH3 is 1.